The summed E-state index contributed by atoms with van der Waals surface area (Å²) in [7, 11) is 1.74. The van der Waals surface area contributed by atoms with Crippen molar-refractivity contribution in [1.29, 1.82) is 0 Å². The first-order chi connectivity index (χ1) is 9.06. The highest BCUT2D eigenvalue weighted by Gasteiger charge is 2.31. The maximum atomic E-state index is 12.6. The Balaban J connectivity index is 2.22. The van der Waals surface area contributed by atoms with Crippen LogP contribution in [0.1, 0.15) is 41.9 Å². The first-order valence-electron chi connectivity index (χ1n) is 6.77. The van der Waals surface area contributed by atoms with Crippen molar-refractivity contribution in [3.63, 3.8) is 0 Å². The summed E-state index contributed by atoms with van der Waals surface area (Å²) in [4.78, 5) is 14.5. The fourth-order valence-electron chi connectivity index (χ4n) is 2.45. The van der Waals surface area contributed by atoms with E-state index in [4.69, 9.17) is 10.8 Å². The summed E-state index contributed by atoms with van der Waals surface area (Å²) in [5.41, 5.74) is 7.55. The van der Waals surface area contributed by atoms with Crippen LogP contribution >= 0.6 is 0 Å². The zero-order valence-electron chi connectivity index (χ0n) is 11.6. The lowest BCUT2D eigenvalue weighted by Gasteiger charge is -2.37. The molecule has 1 aliphatic carbocycles. The van der Waals surface area contributed by atoms with Gasteiger partial charge in [-0.05, 0) is 32.6 Å². The number of hydrogen-bond acceptors (Lipinski definition) is 4. The summed E-state index contributed by atoms with van der Waals surface area (Å²) in [5.74, 6) is -0.0706. The maximum absolute atomic E-state index is 12.6. The topological polar surface area (TPSA) is 84.4 Å². The molecule has 0 radical (unpaired) electrons. The lowest BCUT2D eigenvalue weighted by atomic mass is 9.91. The predicted octanol–water partition coefficient (Wildman–Crippen LogP) is 0.688. The average molecular weight is 266 g/mol. The fraction of sp³-hybridized carbons (Fsp3) is 0.692. The van der Waals surface area contributed by atoms with Crippen LogP contribution in [0.15, 0.2) is 0 Å². The highest BCUT2D eigenvalue weighted by Crippen LogP contribution is 2.28. The number of nitrogen functional groups attached to an aromatic ring is 1. The molecule has 1 heterocycles. The molecule has 1 aromatic rings. The van der Waals surface area contributed by atoms with Gasteiger partial charge in [-0.15, -0.1) is 0 Å². The number of hydrogen-bond donors (Lipinski definition) is 2. The molecule has 1 aromatic heterocycles. The zero-order valence-corrected chi connectivity index (χ0v) is 11.6. The standard InChI is InChI=1S/C13H22N4O2/c1-9-11(14)12(16(2)15-9)13(19)17(7-4-8-18)10-5-3-6-10/h10,18H,3-8,14H2,1-2H3. The quantitative estimate of drug-likeness (QED) is 0.821. The van der Waals surface area contributed by atoms with Crippen molar-refractivity contribution in [3.05, 3.63) is 11.4 Å². The Morgan fingerprint density at radius 1 is 1.58 bits per heavy atom. The largest absolute Gasteiger partial charge is 0.396 e. The molecule has 3 N–H and O–H groups in total. The van der Waals surface area contributed by atoms with Crippen molar-refractivity contribution in [2.45, 2.75) is 38.6 Å². The molecular formula is C13H22N4O2. The second kappa shape index (κ2) is 5.61. The number of aryl methyl sites for hydroxylation is 2. The summed E-state index contributed by atoms with van der Waals surface area (Å²) < 4.78 is 1.55. The van der Waals surface area contributed by atoms with Crippen molar-refractivity contribution in [2.24, 2.45) is 7.05 Å². The third-order valence-corrected chi connectivity index (χ3v) is 3.80. The minimum Gasteiger partial charge on any atom is -0.396 e. The number of carbonyl (C=O) groups excluding carboxylic acids is 1. The summed E-state index contributed by atoms with van der Waals surface area (Å²) in [5, 5.41) is 13.2. The lowest BCUT2D eigenvalue weighted by molar-refractivity contribution is 0.0552. The second-order valence-corrected chi connectivity index (χ2v) is 5.13. The van der Waals surface area contributed by atoms with Gasteiger partial charge in [0.05, 0.1) is 11.4 Å². The first-order valence-corrected chi connectivity index (χ1v) is 6.77. The van der Waals surface area contributed by atoms with Crippen molar-refractivity contribution in [3.8, 4) is 0 Å². The van der Waals surface area contributed by atoms with Crippen LogP contribution in [-0.4, -0.2) is 44.9 Å². The number of nitrogens with two attached hydrogens (primary N) is 1. The lowest BCUT2D eigenvalue weighted by Crippen LogP contribution is -2.45. The van der Waals surface area contributed by atoms with Crippen LogP contribution in [0.3, 0.4) is 0 Å². The highest BCUT2D eigenvalue weighted by molar-refractivity contribution is 5.98. The molecule has 0 bridgehead atoms. The number of nitrogens with zero attached hydrogens (tertiary/aromatic N) is 3. The van der Waals surface area contributed by atoms with Crippen LogP contribution in [0.4, 0.5) is 5.69 Å². The molecule has 2 rings (SSSR count). The van der Waals surface area contributed by atoms with E-state index in [2.05, 4.69) is 5.10 Å². The van der Waals surface area contributed by atoms with E-state index in [-0.39, 0.29) is 18.6 Å². The predicted molar refractivity (Wildman–Crippen MR) is 72.7 cm³/mol. The summed E-state index contributed by atoms with van der Waals surface area (Å²) in [6.45, 7) is 2.47. The molecule has 1 saturated carbocycles. The molecular weight excluding hydrogens is 244 g/mol. The smallest absolute Gasteiger partial charge is 0.274 e. The van der Waals surface area contributed by atoms with Crippen molar-refractivity contribution in [2.75, 3.05) is 18.9 Å². The minimum atomic E-state index is -0.0706. The molecule has 0 aromatic carbocycles. The fourth-order valence-corrected chi connectivity index (χ4v) is 2.45. The van der Waals surface area contributed by atoms with Crippen molar-refractivity contribution < 1.29 is 9.90 Å². The Labute approximate surface area is 113 Å². The van der Waals surface area contributed by atoms with Crippen molar-refractivity contribution in [1.82, 2.24) is 14.7 Å². The van der Waals surface area contributed by atoms with E-state index < -0.39 is 0 Å². The molecule has 19 heavy (non-hydrogen) atoms. The van der Waals surface area contributed by atoms with Gasteiger partial charge in [-0.3, -0.25) is 9.48 Å². The maximum Gasteiger partial charge on any atom is 0.274 e. The van der Waals surface area contributed by atoms with E-state index in [1.54, 1.807) is 18.7 Å². The Bertz CT molecular complexity index is 465. The molecule has 106 valence electrons. The first kappa shape index (κ1) is 13.9. The molecule has 0 unspecified atom stereocenters. The van der Waals surface area contributed by atoms with Gasteiger partial charge in [-0.2, -0.15) is 5.10 Å². The van der Waals surface area contributed by atoms with Gasteiger partial charge in [0, 0.05) is 26.2 Å². The normalized spacial score (nSPS) is 15.3. The molecule has 6 nitrogen and oxygen atoms in total. The minimum absolute atomic E-state index is 0.0706. The summed E-state index contributed by atoms with van der Waals surface area (Å²) >= 11 is 0. The Morgan fingerprint density at radius 2 is 2.26 bits per heavy atom. The average Bonchev–Trinajstić information content (AvgIpc) is 2.55. The second-order valence-electron chi connectivity index (χ2n) is 5.13. The van der Waals surface area contributed by atoms with Gasteiger partial charge >= 0.3 is 0 Å². The Kier molecular flexibility index (Phi) is 4.09. The van der Waals surface area contributed by atoms with Crippen molar-refractivity contribution >= 4 is 11.6 Å². The van der Waals surface area contributed by atoms with Gasteiger partial charge in [0.15, 0.2) is 0 Å². The number of amides is 1. The van der Waals surface area contributed by atoms with Gasteiger partial charge in [-0.25, -0.2) is 0 Å². The number of aliphatic hydroxyl groups excluding tert-OH is 1. The van der Waals surface area contributed by atoms with E-state index >= 15 is 0 Å². The van der Waals surface area contributed by atoms with E-state index in [0.717, 1.165) is 19.3 Å². The van der Waals surface area contributed by atoms with E-state index in [1.165, 1.54) is 0 Å². The Morgan fingerprint density at radius 3 is 2.68 bits per heavy atom. The van der Waals surface area contributed by atoms with Crippen LogP contribution < -0.4 is 5.73 Å². The number of rotatable bonds is 5. The van der Waals surface area contributed by atoms with Crippen LogP contribution in [-0.2, 0) is 7.05 Å². The van der Waals surface area contributed by atoms with Crippen LogP contribution in [0.5, 0.6) is 0 Å². The zero-order chi connectivity index (χ0) is 14.0. The highest BCUT2D eigenvalue weighted by atomic mass is 16.3. The summed E-state index contributed by atoms with van der Waals surface area (Å²) in [6, 6.07) is 0.286. The SMILES string of the molecule is Cc1nn(C)c(C(=O)N(CCCO)C2CCC2)c1N. The molecule has 1 amide bonds. The molecule has 6 heteroatoms. The van der Waals surface area contributed by atoms with Gasteiger partial charge in [0.1, 0.15) is 5.69 Å². The molecule has 0 saturated heterocycles. The van der Waals surface area contributed by atoms with Gasteiger partial charge in [0.2, 0.25) is 0 Å². The number of aliphatic hydroxyl groups is 1. The third-order valence-electron chi connectivity index (χ3n) is 3.80. The van der Waals surface area contributed by atoms with Gasteiger partial charge < -0.3 is 15.7 Å². The molecule has 1 fully saturated rings. The van der Waals surface area contributed by atoms with E-state index in [0.29, 0.717) is 30.0 Å². The van der Waals surface area contributed by atoms with E-state index in [9.17, 15) is 4.79 Å². The summed E-state index contributed by atoms with van der Waals surface area (Å²) in [6.07, 6.45) is 3.83. The molecule has 0 spiro atoms. The number of carbonyl (C=O) groups is 1. The van der Waals surface area contributed by atoms with Gasteiger partial charge in [0.25, 0.3) is 5.91 Å². The van der Waals surface area contributed by atoms with E-state index in [1.807, 2.05) is 4.90 Å². The number of anilines is 1. The monoisotopic (exact) mass is 266 g/mol. The molecule has 0 aliphatic heterocycles. The van der Waals surface area contributed by atoms with Crippen LogP contribution in [0.25, 0.3) is 0 Å². The third kappa shape index (κ3) is 2.58. The Hall–Kier alpha value is -1.56. The van der Waals surface area contributed by atoms with Crippen LogP contribution in [0, 0.1) is 6.92 Å². The van der Waals surface area contributed by atoms with Crippen LogP contribution in [0.2, 0.25) is 0 Å². The number of aromatic nitrogens is 2. The molecule has 1 aliphatic rings. The van der Waals surface area contributed by atoms with Gasteiger partial charge in [-0.1, -0.05) is 0 Å². The molecule has 0 atom stereocenters.